The molecule has 6 nitrogen and oxygen atoms in total. The van der Waals surface area contributed by atoms with Gasteiger partial charge in [0.2, 0.25) is 5.91 Å². The number of halogens is 1. The minimum Gasteiger partial charge on any atom is -0.381 e. The van der Waals surface area contributed by atoms with Gasteiger partial charge in [-0.05, 0) is 38.0 Å². The number of ether oxygens (including phenoxy) is 1. The molecule has 3 rings (SSSR count). The third-order valence-electron chi connectivity index (χ3n) is 5.26. The van der Waals surface area contributed by atoms with Crippen LogP contribution < -0.4 is 5.32 Å². The van der Waals surface area contributed by atoms with Gasteiger partial charge in [0.05, 0.1) is 11.6 Å². The van der Waals surface area contributed by atoms with E-state index in [1.807, 2.05) is 11.8 Å². The number of nitrogens with one attached hydrogen (secondary N) is 1. The maximum Gasteiger partial charge on any atom is 0.227 e. The zero-order chi connectivity index (χ0) is 17.6. The van der Waals surface area contributed by atoms with Crippen molar-refractivity contribution < 1.29 is 13.9 Å². The number of carbonyl (C=O) groups is 1. The molecular formula is C18H27FN4O2. The summed E-state index contributed by atoms with van der Waals surface area (Å²) < 4.78 is 19.8. The molecule has 0 saturated carbocycles. The van der Waals surface area contributed by atoms with Crippen molar-refractivity contribution in [2.45, 2.75) is 39.0 Å². The molecule has 2 aliphatic heterocycles. The lowest BCUT2D eigenvalue weighted by Gasteiger charge is -2.32. The maximum atomic E-state index is 14.4. The molecule has 0 radical (unpaired) electrons. The van der Waals surface area contributed by atoms with Crippen LogP contribution in [0.4, 0.5) is 10.2 Å². The van der Waals surface area contributed by atoms with E-state index in [0.717, 1.165) is 38.8 Å². The first kappa shape index (κ1) is 18.0. The summed E-state index contributed by atoms with van der Waals surface area (Å²) in [6.45, 7) is 5.31. The molecule has 1 atom stereocenters. The quantitative estimate of drug-likeness (QED) is 0.852. The molecule has 1 aromatic heterocycles. The average Bonchev–Trinajstić information content (AvgIpc) is 3.18. The fourth-order valence-electron chi connectivity index (χ4n) is 3.73. The van der Waals surface area contributed by atoms with E-state index >= 15 is 0 Å². The maximum absolute atomic E-state index is 14.4. The number of likely N-dealkylation sites (tertiary alicyclic amines) is 1. The zero-order valence-corrected chi connectivity index (χ0v) is 14.8. The molecule has 7 heteroatoms. The van der Waals surface area contributed by atoms with Crippen LogP contribution in [-0.2, 0) is 16.0 Å². The molecule has 0 aromatic carbocycles. The Morgan fingerprint density at radius 2 is 2.08 bits per heavy atom. The molecule has 2 fully saturated rings. The number of amides is 1. The van der Waals surface area contributed by atoms with E-state index in [0.29, 0.717) is 31.9 Å². The normalized spacial score (nSPS) is 19.8. The first-order valence-electron chi connectivity index (χ1n) is 9.30. The number of hydrogen-bond donors (Lipinski definition) is 1. The molecule has 0 aliphatic carbocycles. The standard InChI is InChI=1S/C18H27FN4O2/c1-2-15-16(19)17(22-12-21-15)20-11-14(13-5-9-25-10-6-13)18(24)23-7-3-4-8-23/h12-14H,2-11H2,1H3,(H,20,21,22). The Morgan fingerprint density at radius 1 is 1.36 bits per heavy atom. The van der Waals surface area contributed by atoms with Crippen LogP contribution in [-0.4, -0.2) is 53.6 Å². The van der Waals surface area contributed by atoms with Crippen LogP contribution in [0.5, 0.6) is 0 Å². The molecule has 1 aromatic rings. The lowest BCUT2D eigenvalue weighted by Crippen LogP contribution is -2.42. The number of rotatable bonds is 6. The summed E-state index contributed by atoms with van der Waals surface area (Å²) in [6, 6.07) is 0. The Labute approximate surface area is 148 Å². The first-order chi connectivity index (χ1) is 12.2. The largest absolute Gasteiger partial charge is 0.381 e. The Hall–Kier alpha value is -1.76. The highest BCUT2D eigenvalue weighted by Gasteiger charge is 2.34. The third-order valence-corrected chi connectivity index (χ3v) is 5.26. The number of hydrogen-bond acceptors (Lipinski definition) is 5. The van der Waals surface area contributed by atoms with Gasteiger partial charge < -0.3 is 15.0 Å². The van der Waals surface area contributed by atoms with Crippen LogP contribution in [0.2, 0.25) is 0 Å². The molecule has 25 heavy (non-hydrogen) atoms. The van der Waals surface area contributed by atoms with Gasteiger partial charge in [-0.15, -0.1) is 0 Å². The van der Waals surface area contributed by atoms with E-state index in [-0.39, 0.29) is 23.6 Å². The van der Waals surface area contributed by atoms with Crippen molar-refractivity contribution in [2.75, 3.05) is 38.2 Å². The molecule has 1 amide bonds. The zero-order valence-electron chi connectivity index (χ0n) is 14.8. The van der Waals surface area contributed by atoms with Crippen molar-refractivity contribution >= 4 is 11.7 Å². The lowest BCUT2D eigenvalue weighted by molar-refractivity contribution is -0.137. The van der Waals surface area contributed by atoms with E-state index in [2.05, 4.69) is 15.3 Å². The Morgan fingerprint density at radius 3 is 2.76 bits per heavy atom. The molecule has 2 aliphatic rings. The lowest BCUT2D eigenvalue weighted by atomic mass is 9.85. The summed E-state index contributed by atoms with van der Waals surface area (Å²) in [4.78, 5) is 22.9. The molecule has 138 valence electrons. The first-order valence-corrected chi connectivity index (χ1v) is 9.30. The summed E-state index contributed by atoms with van der Waals surface area (Å²) in [5.41, 5.74) is 0.394. The van der Waals surface area contributed by atoms with Gasteiger partial charge in [0.1, 0.15) is 6.33 Å². The second-order valence-electron chi connectivity index (χ2n) is 6.81. The van der Waals surface area contributed by atoms with Crippen LogP contribution in [0.1, 0.15) is 38.3 Å². The van der Waals surface area contributed by atoms with E-state index in [1.165, 1.54) is 6.33 Å². The topological polar surface area (TPSA) is 67.4 Å². The molecule has 0 bridgehead atoms. The van der Waals surface area contributed by atoms with Crippen molar-refractivity contribution in [1.82, 2.24) is 14.9 Å². The van der Waals surface area contributed by atoms with Gasteiger partial charge in [0, 0.05) is 32.8 Å². The van der Waals surface area contributed by atoms with Crippen LogP contribution in [0.25, 0.3) is 0 Å². The van der Waals surface area contributed by atoms with Gasteiger partial charge in [0.25, 0.3) is 0 Å². The number of anilines is 1. The highest BCUT2D eigenvalue weighted by molar-refractivity contribution is 5.80. The van der Waals surface area contributed by atoms with Gasteiger partial charge in [-0.3, -0.25) is 4.79 Å². The fourth-order valence-corrected chi connectivity index (χ4v) is 3.73. The van der Waals surface area contributed by atoms with Crippen molar-refractivity contribution in [1.29, 1.82) is 0 Å². The third kappa shape index (κ3) is 4.26. The molecule has 1 N–H and O–H groups in total. The SMILES string of the molecule is CCc1ncnc(NCC(C(=O)N2CCCC2)C2CCOCC2)c1F. The number of carbonyl (C=O) groups excluding carboxylic acids is 1. The van der Waals surface area contributed by atoms with E-state index in [4.69, 9.17) is 4.74 Å². The van der Waals surface area contributed by atoms with E-state index < -0.39 is 5.82 Å². The minimum absolute atomic E-state index is 0.165. The second-order valence-corrected chi connectivity index (χ2v) is 6.81. The van der Waals surface area contributed by atoms with Gasteiger partial charge in [-0.25, -0.2) is 14.4 Å². The van der Waals surface area contributed by atoms with Gasteiger partial charge in [-0.2, -0.15) is 0 Å². The Bertz CT molecular complexity index is 586. The molecule has 3 heterocycles. The average molecular weight is 350 g/mol. The fraction of sp³-hybridized carbons (Fsp3) is 0.722. The van der Waals surface area contributed by atoms with Crippen LogP contribution in [0.3, 0.4) is 0 Å². The van der Waals surface area contributed by atoms with Crippen molar-refractivity contribution in [3.05, 3.63) is 17.8 Å². The van der Waals surface area contributed by atoms with Crippen molar-refractivity contribution in [3.63, 3.8) is 0 Å². The van der Waals surface area contributed by atoms with Crippen LogP contribution in [0.15, 0.2) is 6.33 Å². The molecule has 2 saturated heterocycles. The van der Waals surface area contributed by atoms with E-state index in [9.17, 15) is 9.18 Å². The highest BCUT2D eigenvalue weighted by atomic mass is 19.1. The second kappa shape index (κ2) is 8.56. The smallest absolute Gasteiger partial charge is 0.227 e. The number of aryl methyl sites for hydroxylation is 1. The molecular weight excluding hydrogens is 323 g/mol. The summed E-state index contributed by atoms with van der Waals surface area (Å²) in [5, 5.41) is 3.07. The summed E-state index contributed by atoms with van der Waals surface area (Å²) in [5.74, 6) is 0.0656. The van der Waals surface area contributed by atoms with Crippen LogP contribution >= 0.6 is 0 Å². The number of nitrogens with zero attached hydrogens (tertiary/aromatic N) is 3. The van der Waals surface area contributed by atoms with Gasteiger partial charge in [-0.1, -0.05) is 6.92 Å². The van der Waals surface area contributed by atoms with Crippen LogP contribution in [0, 0.1) is 17.7 Å². The minimum atomic E-state index is -0.413. The predicted octanol–water partition coefficient (Wildman–Crippen LogP) is 2.26. The summed E-state index contributed by atoms with van der Waals surface area (Å²) >= 11 is 0. The summed E-state index contributed by atoms with van der Waals surface area (Å²) in [6.07, 6.45) is 5.77. The van der Waals surface area contributed by atoms with Gasteiger partial charge in [0.15, 0.2) is 11.6 Å². The monoisotopic (exact) mass is 350 g/mol. The Kier molecular flexibility index (Phi) is 6.18. The highest BCUT2D eigenvalue weighted by Crippen LogP contribution is 2.27. The predicted molar refractivity (Wildman–Crippen MR) is 92.7 cm³/mol. The van der Waals surface area contributed by atoms with Crippen molar-refractivity contribution in [3.8, 4) is 0 Å². The van der Waals surface area contributed by atoms with E-state index in [1.54, 1.807) is 0 Å². The molecule has 1 unspecified atom stereocenters. The number of aromatic nitrogens is 2. The van der Waals surface area contributed by atoms with Crippen molar-refractivity contribution in [2.24, 2.45) is 11.8 Å². The molecule has 0 spiro atoms. The summed E-state index contributed by atoms with van der Waals surface area (Å²) in [7, 11) is 0. The van der Waals surface area contributed by atoms with Gasteiger partial charge >= 0.3 is 0 Å². The Balaban J connectivity index is 1.71.